The molecule has 1 fully saturated rings. The normalized spacial score (nSPS) is 27.0. The quantitative estimate of drug-likeness (QED) is 0.563. The summed E-state index contributed by atoms with van der Waals surface area (Å²) in [6.07, 6.45) is 4.22. The van der Waals surface area contributed by atoms with Crippen LogP contribution in [-0.2, 0) is 9.22 Å². The van der Waals surface area contributed by atoms with E-state index in [1.807, 2.05) is 6.08 Å². The summed E-state index contributed by atoms with van der Waals surface area (Å²) in [5.74, 6) is 0.635. The van der Waals surface area contributed by atoms with Crippen LogP contribution in [0.1, 0.15) is 40.0 Å². The van der Waals surface area contributed by atoms with Crippen molar-refractivity contribution in [2.24, 2.45) is 5.92 Å². The molecule has 2 atom stereocenters. The first-order valence-corrected chi connectivity index (χ1v) is 9.38. The monoisotopic (exact) mass is 254 g/mol. The molecule has 0 aliphatic heterocycles. The predicted octanol–water partition coefficient (Wildman–Crippen LogP) is 3.93. The molecule has 0 radical (unpaired) electrons. The van der Waals surface area contributed by atoms with Gasteiger partial charge in [-0.05, 0) is 30.5 Å². The first-order chi connectivity index (χ1) is 7.65. The second-order valence-electron chi connectivity index (χ2n) is 6.68. The molecule has 0 heterocycles. The molecular weight excluding hydrogens is 228 g/mol. The highest BCUT2D eigenvalue weighted by Gasteiger charge is 2.40. The Labute approximate surface area is 107 Å². The lowest BCUT2D eigenvalue weighted by Crippen LogP contribution is -2.45. The van der Waals surface area contributed by atoms with Crippen LogP contribution < -0.4 is 0 Å². The molecule has 98 valence electrons. The molecule has 0 spiro atoms. The molecule has 1 aliphatic rings. The van der Waals surface area contributed by atoms with Crippen LogP contribution in [-0.4, -0.2) is 20.2 Å². The molecule has 0 unspecified atom stereocenters. The summed E-state index contributed by atoms with van der Waals surface area (Å²) in [6.45, 7) is 15.0. The average molecular weight is 254 g/mol. The Morgan fingerprint density at radius 1 is 1.35 bits per heavy atom. The van der Waals surface area contributed by atoms with Gasteiger partial charge in [0.1, 0.15) is 5.78 Å². The van der Waals surface area contributed by atoms with Crippen LogP contribution in [0.4, 0.5) is 0 Å². The zero-order chi connectivity index (χ0) is 13.3. The van der Waals surface area contributed by atoms with Crippen molar-refractivity contribution >= 4 is 14.1 Å². The van der Waals surface area contributed by atoms with Crippen LogP contribution in [0.2, 0.25) is 18.1 Å². The minimum atomic E-state index is -1.75. The maximum absolute atomic E-state index is 11.7. The Kier molecular flexibility index (Phi) is 4.36. The number of carbonyl (C=O) groups is 1. The summed E-state index contributed by atoms with van der Waals surface area (Å²) in [4.78, 5) is 11.7. The molecule has 0 N–H and O–H groups in total. The minimum Gasteiger partial charge on any atom is -0.413 e. The van der Waals surface area contributed by atoms with E-state index in [1.54, 1.807) is 0 Å². The van der Waals surface area contributed by atoms with Gasteiger partial charge in [-0.3, -0.25) is 4.79 Å². The molecule has 0 amide bonds. The second-order valence-corrected chi connectivity index (χ2v) is 11.4. The molecule has 0 aromatic heterocycles. The van der Waals surface area contributed by atoms with E-state index in [-0.39, 0.29) is 11.1 Å². The minimum absolute atomic E-state index is 0.111. The van der Waals surface area contributed by atoms with Gasteiger partial charge in [0.25, 0.3) is 0 Å². The maximum Gasteiger partial charge on any atom is 0.192 e. The van der Waals surface area contributed by atoms with Gasteiger partial charge in [-0.25, -0.2) is 0 Å². The molecule has 0 aromatic rings. The Bertz CT molecular complexity index is 302. The van der Waals surface area contributed by atoms with E-state index in [1.165, 1.54) is 0 Å². The Hall–Kier alpha value is -0.413. The summed E-state index contributed by atoms with van der Waals surface area (Å²) < 4.78 is 6.32. The van der Waals surface area contributed by atoms with E-state index in [0.29, 0.717) is 24.5 Å². The number of hydrogen-bond donors (Lipinski definition) is 0. The number of rotatable bonds is 3. The lowest BCUT2D eigenvalue weighted by Gasteiger charge is -2.41. The van der Waals surface area contributed by atoms with Crippen LogP contribution in [0.5, 0.6) is 0 Å². The van der Waals surface area contributed by atoms with E-state index in [0.717, 1.165) is 6.42 Å². The van der Waals surface area contributed by atoms with E-state index in [4.69, 9.17) is 4.43 Å². The zero-order valence-electron chi connectivity index (χ0n) is 11.9. The molecule has 0 bridgehead atoms. The van der Waals surface area contributed by atoms with Gasteiger partial charge in [-0.15, -0.1) is 6.58 Å². The van der Waals surface area contributed by atoms with E-state index in [2.05, 4.69) is 40.4 Å². The van der Waals surface area contributed by atoms with Crippen molar-refractivity contribution in [1.29, 1.82) is 0 Å². The fourth-order valence-corrected chi connectivity index (χ4v) is 3.36. The van der Waals surface area contributed by atoms with Crippen LogP contribution in [0.3, 0.4) is 0 Å². The van der Waals surface area contributed by atoms with Crippen LogP contribution >= 0.6 is 0 Å². The third-order valence-corrected chi connectivity index (χ3v) is 8.65. The molecule has 1 aliphatic carbocycles. The third-order valence-electron chi connectivity index (χ3n) is 4.11. The first-order valence-electron chi connectivity index (χ1n) is 6.48. The number of Topliss-reactive ketones (excluding diaryl/α,β-unsaturated/α-hetero) is 1. The van der Waals surface area contributed by atoms with Gasteiger partial charge in [-0.1, -0.05) is 26.8 Å². The van der Waals surface area contributed by atoms with Crippen molar-refractivity contribution in [1.82, 2.24) is 0 Å². The van der Waals surface area contributed by atoms with Gasteiger partial charge in [0.2, 0.25) is 0 Å². The zero-order valence-corrected chi connectivity index (χ0v) is 12.9. The second kappa shape index (κ2) is 5.07. The molecule has 2 nitrogen and oxygen atoms in total. The molecule has 17 heavy (non-hydrogen) atoms. The molecule has 1 saturated carbocycles. The van der Waals surface area contributed by atoms with Crippen LogP contribution in [0.25, 0.3) is 0 Å². The average Bonchev–Trinajstić information content (AvgIpc) is 2.14. The van der Waals surface area contributed by atoms with Gasteiger partial charge in [-0.2, -0.15) is 0 Å². The largest absolute Gasteiger partial charge is 0.413 e. The summed E-state index contributed by atoms with van der Waals surface area (Å²) in [7, 11) is -1.75. The van der Waals surface area contributed by atoms with Crippen molar-refractivity contribution in [3.63, 3.8) is 0 Å². The van der Waals surface area contributed by atoms with Crippen LogP contribution in [0.15, 0.2) is 12.7 Å². The van der Waals surface area contributed by atoms with Crippen molar-refractivity contribution in [3.05, 3.63) is 12.7 Å². The number of carbonyl (C=O) groups excluding carboxylic acids is 1. The summed E-state index contributed by atoms with van der Waals surface area (Å²) in [5.41, 5.74) is 0. The number of hydrogen-bond acceptors (Lipinski definition) is 2. The predicted molar refractivity (Wildman–Crippen MR) is 74.6 cm³/mol. The molecule has 3 heteroatoms. The van der Waals surface area contributed by atoms with Crippen molar-refractivity contribution in [2.45, 2.75) is 64.3 Å². The molecule has 0 saturated heterocycles. The highest BCUT2D eigenvalue weighted by atomic mass is 28.4. The summed E-state index contributed by atoms with van der Waals surface area (Å²) >= 11 is 0. The van der Waals surface area contributed by atoms with Crippen molar-refractivity contribution in [2.75, 3.05) is 0 Å². The van der Waals surface area contributed by atoms with Crippen molar-refractivity contribution < 1.29 is 9.22 Å². The van der Waals surface area contributed by atoms with Gasteiger partial charge < -0.3 is 4.43 Å². The SMILES string of the molecule is C=C[C@@H]1CC(=O)C[C@@H](O[Si](C)(C)C(C)(C)C)C1. The lowest BCUT2D eigenvalue weighted by molar-refractivity contribution is -0.123. The van der Waals surface area contributed by atoms with Gasteiger partial charge in [0.15, 0.2) is 8.32 Å². The molecular formula is C14H26O2Si. The standard InChI is InChI=1S/C14H26O2Si/c1-7-11-8-12(15)10-13(9-11)16-17(5,6)14(2,3)4/h7,11,13H,1,8-10H2,2-6H3/t11-,13+/m1/s1. The van der Waals surface area contributed by atoms with Gasteiger partial charge in [0.05, 0.1) is 6.10 Å². The third kappa shape index (κ3) is 3.78. The van der Waals surface area contributed by atoms with Gasteiger partial charge in [0, 0.05) is 12.8 Å². The van der Waals surface area contributed by atoms with E-state index >= 15 is 0 Å². The first kappa shape index (κ1) is 14.6. The summed E-state index contributed by atoms with van der Waals surface area (Å²) in [6, 6.07) is 0. The van der Waals surface area contributed by atoms with Crippen LogP contribution in [0, 0.1) is 5.92 Å². The Morgan fingerprint density at radius 2 is 1.94 bits per heavy atom. The molecule has 1 rings (SSSR count). The number of allylic oxidation sites excluding steroid dienone is 1. The lowest BCUT2D eigenvalue weighted by atomic mass is 9.87. The van der Waals surface area contributed by atoms with Gasteiger partial charge >= 0.3 is 0 Å². The highest BCUT2D eigenvalue weighted by Crippen LogP contribution is 2.39. The smallest absolute Gasteiger partial charge is 0.192 e. The summed E-state index contributed by atoms with van der Waals surface area (Å²) in [5, 5.41) is 0.206. The fourth-order valence-electron chi connectivity index (χ4n) is 2.00. The Balaban J connectivity index is 2.68. The highest BCUT2D eigenvalue weighted by molar-refractivity contribution is 6.74. The van der Waals surface area contributed by atoms with E-state index in [9.17, 15) is 4.79 Å². The topological polar surface area (TPSA) is 26.3 Å². The molecule has 0 aromatic carbocycles. The van der Waals surface area contributed by atoms with E-state index < -0.39 is 8.32 Å². The fraction of sp³-hybridized carbons (Fsp3) is 0.786. The Morgan fingerprint density at radius 3 is 2.41 bits per heavy atom. The number of ketones is 1. The maximum atomic E-state index is 11.7. The van der Waals surface area contributed by atoms with Crippen molar-refractivity contribution in [3.8, 4) is 0 Å².